The number of nitrogens with one attached hydrogen (secondary N) is 1. The van der Waals surface area contributed by atoms with E-state index in [-0.39, 0.29) is 29.1 Å². The number of carbonyl (C=O) groups is 2. The van der Waals surface area contributed by atoms with Crippen LogP contribution in [0.5, 0.6) is 5.75 Å². The predicted octanol–water partition coefficient (Wildman–Crippen LogP) is 4.90. The molecule has 10 heteroatoms. The molecule has 0 saturated heterocycles. The molecule has 0 spiro atoms. The zero-order valence-corrected chi connectivity index (χ0v) is 25.1. The van der Waals surface area contributed by atoms with E-state index < -0.39 is 28.5 Å². The van der Waals surface area contributed by atoms with Gasteiger partial charge < -0.3 is 15.0 Å². The van der Waals surface area contributed by atoms with Gasteiger partial charge in [-0.2, -0.15) is 0 Å². The predicted molar refractivity (Wildman–Crippen MR) is 156 cm³/mol. The zero-order chi connectivity index (χ0) is 28.7. The minimum Gasteiger partial charge on any atom is -0.495 e. The summed E-state index contributed by atoms with van der Waals surface area (Å²) in [4.78, 5) is 28.4. The van der Waals surface area contributed by atoms with Crippen LogP contribution in [-0.2, 0) is 26.2 Å². The van der Waals surface area contributed by atoms with Crippen molar-refractivity contribution in [3.8, 4) is 5.75 Å². The maximum atomic E-state index is 14.0. The van der Waals surface area contributed by atoms with Crippen molar-refractivity contribution in [2.24, 2.45) is 0 Å². The minimum atomic E-state index is -4.18. The monoisotopic (exact) mass is 615 g/mol. The third-order valence-electron chi connectivity index (χ3n) is 6.08. The summed E-state index contributed by atoms with van der Waals surface area (Å²) in [7, 11) is -2.73. The second kappa shape index (κ2) is 13.1. The number of aryl methyl sites for hydroxylation is 1. The molecule has 3 aromatic rings. The highest BCUT2D eigenvalue weighted by molar-refractivity contribution is 9.10. The number of nitrogens with zero attached hydrogens (tertiary/aromatic N) is 2. The Labute approximate surface area is 239 Å². The molecular formula is C29H34BrN3O5S. The van der Waals surface area contributed by atoms with Gasteiger partial charge in [0.25, 0.3) is 10.0 Å². The van der Waals surface area contributed by atoms with Gasteiger partial charge >= 0.3 is 0 Å². The summed E-state index contributed by atoms with van der Waals surface area (Å²) in [6.07, 6.45) is 0. The molecule has 0 fully saturated rings. The molecule has 3 rings (SSSR count). The molecule has 0 bridgehead atoms. The smallest absolute Gasteiger partial charge is 0.264 e. The molecule has 0 aromatic heterocycles. The van der Waals surface area contributed by atoms with Crippen LogP contribution < -0.4 is 14.4 Å². The van der Waals surface area contributed by atoms with E-state index in [1.165, 1.54) is 24.1 Å². The number of halogens is 1. The molecule has 0 radical (unpaired) electrons. The second-order valence-corrected chi connectivity index (χ2v) is 12.3. The minimum absolute atomic E-state index is 0.0337. The summed E-state index contributed by atoms with van der Waals surface area (Å²) < 4.78 is 35.3. The standard InChI is InChI=1S/C29H34BrN3O5S/c1-20(2)31-29(35)22(4)32(18-23-12-14-24(30)15-13-23)28(34)19-33(26-17-21(3)11-16-27(26)38-5)39(36,37)25-9-7-6-8-10-25/h6-17,20,22H,18-19H2,1-5H3,(H,31,35)/t22-/m0/s1. The Hall–Kier alpha value is -3.37. The van der Waals surface area contributed by atoms with E-state index in [0.717, 1.165) is 19.9 Å². The van der Waals surface area contributed by atoms with Crippen LogP contribution in [0.15, 0.2) is 82.2 Å². The van der Waals surface area contributed by atoms with Crippen LogP contribution in [0.3, 0.4) is 0 Å². The summed E-state index contributed by atoms with van der Waals surface area (Å²) in [5.74, 6) is -0.564. The summed E-state index contributed by atoms with van der Waals surface area (Å²) >= 11 is 3.41. The van der Waals surface area contributed by atoms with Crippen LogP contribution in [0.4, 0.5) is 5.69 Å². The lowest BCUT2D eigenvalue weighted by Gasteiger charge is -2.32. The molecule has 0 aliphatic heterocycles. The molecule has 208 valence electrons. The second-order valence-electron chi connectivity index (χ2n) is 9.49. The van der Waals surface area contributed by atoms with Gasteiger partial charge in [0, 0.05) is 17.1 Å². The highest BCUT2D eigenvalue weighted by atomic mass is 79.9. The molecule has 1 N–H and O–H groups in total. The van der Waals surface area contributed by atoms with Crippen LogP contribution >= 0.6 is 15.9 Å². The first kappa shape index (κ1) is 30.2. The third kappa shape index (κ3) is 7.60. The van der Waals surface area contributed by atoms with Crippen LogP contribution in [0.25, 0.3) is 0 Å². The van der Waals surface area contributed by atoms with Crippen molar-refractivity contribution in [2.75, 3.05) is 18.0 Å². The SMILES string of the molecule is COc1ccc(C)cc1N(CC(=O)N(Cc1ccc(Br)cc1)[C@@H](C)C(=O)NC(C)C)S(=O)(=O)c1ccccc1. The number of ether oxygens (including phenoxy) is 1. The maximum absolute atomic E-state index is 14.0. The highest BCUT2D eigenvalue weighted by Crippen LogP contribution is 2.33. The molecule has 3 aromatic carbocycles. The van der Waals surface area contributed by atoms with Gasteiger partial charge in [0.2, 0.25) is 11.8 Å². The lowest BCUT2D eigenvalue weighted by Crippen LogP contribution is -2.52. The van der Waals surface area contributed by atoms with E-state index in [1.807, 2.05) is 45.0 Å². The molecule has 0 aliphatic carbocycles. The van der Waals surface area contributed by atoms with Crippen LogP contribution in [0.2, 0.25) is 0 Å². The van der Waals surface area contributed by atoms with Crippen molar-refractivity contribution < 1.29 is 22.7 Å². The first-order valence-corrected chi connectivity index (χ1v) is 14.7. The molecule has 8 nitrogen and oxygen atoms in total. The van der Waals surface area contributed by atoms with Gasteiger partial charge in [0.1, 0.15) is 18.3 Å². The van der Waals surface area contributed by atoms with Gasteiger partial charge in [-0.1, -0.05) is 52.3 Å². The topological polar surface area (TPSA) is 96.0 Å². The summed E-state index contributed by atoms with van der Waals surface area (Å²) in [5, 5.41) is 2.85. The first-order valence-electron chi connectivity index (χ1n) is 12.5. The Morgan fingerprint density at radius 1 is 0.974 bits per heavy atom. The fourth-order valence-electron chi connectivity index (χ4n) is 4.00. The number of methoxy groups -OCH3 is 1. The number of hydrogen-bond acceptors (Lipinski definition) is 5. The third-order valence-corrected chi connectivity index (χ3v) is 8.38. The Kier molecular flexibility index (Phi) is 10.2. The van der Waals surface area contributed by atoms with Crippen molar-refractivity contribution in [1.82, 2.24) is 10.2 Å². The summed E-state index contributed by atoms with van der Waals surface area (Å²) in [6, 6.07) is 19.5. The van der Waals surface area contributed by atoms with Crippen molar-refractivity contribution in [2.45, 2.75) is 51.2 Å². The number of amides is 2. The van der Waals surface area contributed by atoms with E-state index in [4.69, 9.17) is 4.74 Å². The van der Waals surface area contributed by atoms with Gasteiger partial charge in [0.05, 0.1) is 17.7 Å². The average molecular weight is 617 g/mol. The number of anilines is 1. The van der Waals surface area contributed by atoms with E-state index in [0.29, 0.717) is 5.75 Å². The van der Waals surface area contributed by atoms with E-state index in [9.17, 15) is 18.0 Å². The van der Waals surface area contributed by atoms with Crippen LogP contribution in [0.1, 0.15) is 31.9 Å². The normalized spacial score (nSPS) is 12.1. The van der Waals surface area contributed by atoms with Gasteiger partial charge in [-0.15, -0.1) is 0 Å². The molecular weight excluding hydrogens is 582 g/mol. The van der Waals surface area contributed by atoms with Crippen molar-refractivity contribution in [3.63, 3.8) is 0 Å². The Bertz CT molecular complexity index is 1400. The molecule has 0 unspecified atom stereocenters. The van der Waals surface area contributed by atoms with Crippen molar-refractivity contribution in [3.05, 3.63) is 88.4 Å². The van der Waals surface area contributed by atoms with E-state index in [2.05, 4.69) is 21.2 Å². The van der Waals surface area contributed by atoms with Crippen LogP contribution in [0, 0.1) is 6.92 Å². The lowest BCUT2D eigenvalue weighted by atomic mass is 10.1. The largest absolute Gasteiger partial charge is 0.495 e. The molecule has 2 amide bonds. The summed E-state index contributed by atoms with van der Waals surface area (Å²) in [5.41, 5.74) is 1.82. The number of carbonyl (C=O) groups excluding carboxylic acids is 2. The molecule has 0 aliphatic rings. The van der Waals surface area contributed by atoms with Crippen LogP contribution in [-0.4, -0.2) is 50.9 Å². The quantitative estimate of drug-likeness (QED) is 0.331. The Morgan fingerprint density at radius 2 is 1.62 bits per heavy atom. The zero-order valence-electron chi connectivity index (χ0n) is 22.7. The average Bonchev–Trinajstić information content (AvgIpc) is 2.90. The number of sulfonamides is 1. The number of rotatable bonds is 11. The Balaban J connectivity index is 2.08. The molecule has 0 saturated carbocycles. The van der Waals surface area contributed by atoms with E-state index in [1.54, 1.807) is 43.3 Å². The van der Waals surface area contributed by atoms with E-state index >= 15 is 0 Å². The number of hydrogen-bond donors (Lipinski definition) is 1. The molecule has 1 atom stereocenters. The maximum Gasteiger partial charge on any atom is 0.264 e. The highest BCUT2D eigenvalue weighted by Gasteiger charge is 2.34. The van der Waals surface area contributed by atoms with Gasteiger partial charge in [-0.25, -0.2) is 8.42 Å². The Morgan fingerprint density at radius 3 is 2.21 bits per heavy atom. The summed E-state index contributed by atoms with van der Waals surface area (Å²) in [6.45, 7) is 6.72. The molecule has 39 heavy (non-hydrogen) atoms. The van der Waals surface area contributed by atoms with Gasteiger partial charge in [0.15, 0.2) is 0 Å². The first-order chi connectivity index (χ1) is 18.4. The van der Waals surface area contributed by atoms with Gasteiger partial charge in [-0.05, 0) is 75.2 Å². The van der Waals surface area contributed by atoms with Gasteiger partial charge in [-0.3, -0.25) is 13.9 Å². The lowest BCUT2D eigenvalue weighted by molar-refractivity contribution is -0.139. The fourth-order valence-corrected chi connectivity index (χ4v) is 5.70. The fraction of sp³-hybridized carbons (Fsp3) is 0.310. The number of benzene rings is 3. The van der Waals surface area contributed by atoms with Crippen molar-refractivity contribution >= 4 is 43.5 Å². The molecule has 0 heterocycles. The van der Waals surface area contributed by atoms with Crippen molar-refractivity contribution in [1.29, 1.82) is 0 Å².